The van der Waals surface area contributed by atoms with Gasteiger partial charge in [-0.2, -0.15) is 0 Å². The van der Waals surface area contributed by atoms with Gasteiger partial charge in [-0.05, 0) is 32.7 Å². The van der Waals surface area contributed by atoms with Crippen LogP contribution < -0.4 is 5.32 Å². The fourth-order valence-electron chi connectivity index (χ4n) is 2.28. The van der Waals surface area contributed by atoms with Crippen molar-refractivity contribution in [2.45, 2.75) is 37.3 Å². The van der Waals surface area contributed by atoms with Crippen molar-refractivity contribution in [1.82, 2.24) is 15.3 Å². The molecule has 16 heavy (non-hydrogen) atoms. The van der Waals surface area contributed by atoms with Crippen molar-refractivity contribution in [3.8, 4) is 0 Å². The summed E-state index contributed by atoms with van der Waals surface area (Å²) in [5.41, 5.74) is 1.05. The Hall–Kier alpha value is -1.00. The summed E-state index contributed by atoms with van der Waals surface area (Å²) in [6, 6.07) is 0.231. The molecule has 0 amide bonds. The van der Waals surface area contributed by atoms with E-state index in [9.17, 15) is 0 Å². The first-order chi connectivity index (χ1) is 7.79. The Morgan fingerprint density at radius 2 is 2.31 bits per heavy atom. The quantitative estimate of drug-likeness (QED) is 0.822. The topological polar surface area (TPSA) is 47.0 Å². The van der Waals surface area contributed by atoms with Crippen LogP contribution in [0, 0.1) is 0 Å². The van der Waals surface area contributed by atoms with Crippen molar-refractivity contribution in [3.63, 3.8) is 0 Å². The fraction of sp³-hybridized carbons (Fsp3) is 0.667. The molecule has 0 spiro atoms. The zero-order valence-electron chi connectivity index (χ0n) is 9.94. The molecule has 0 aromatic carbocycles. The number of aromatic nitrogens is 2. The maximum atomic E-state index is 5.64. The number of hydrogen-bond donors (Lipinski definition) is 1. The highest BCUT2D eigenvalue weighted by atomic mass is 16.5. The van der Waals surface area contributed by atoms with Gasteiger partial charge in [0.25, 0.3) is 0 Å². The number of nitrogens with one attached hydrogen (secondary N) is 1. The molecular formula is C12H19N3O. The Morgan fingerprint density at radius 3 is 2.75 bits per heavy atom. The first kappa shape index (κ1) is 11.5. The maximum absolute atomic E-state index is 5.64. The Morgan fingerprint density at radius 1 is 1.50 bits per heavy atom. The van der Waals surface area contributed by atoms with Crippen molar-refractivity contribution in [1.29, 1.82) is 0 Å². The minimum absolute atomic E-state index is 0.0607. The smallest absolute Gasteiger partial charge is 0.0757 e. The molecule has 0 radical (unpaired) electrons. The highest BCUT2D eigenvalue weighted by Crippen LogP contribution is 2.41. The summed E-state index contributed by atoms with van der Waals surface area (Å²) in [5, 5.41) is 3.29. The van der Waals surface area contributed by atoms with Crippen LogP contribution in [-0.4, -0.2) is 29.7 Å². The predicted octanol–water partition coefficient (Wildman–Crippen LogP) is 1.70. The van der Waals surface area contributed by atoms with Crippen LogP contribution in [0.15, 0.2) is 18.6 Å². The Labute approximate surface area is 96.4 Å². The lowest BCUT2D eigenvalue weighted by atomic mass is 9.75. The molecular weight excluding hydrogens is 202 g/mol. The minimum Gasteiger partial charge on any atom is -0.378 e. The molecule has 1 aliphatic rings. The van der Waals surface area contributed by atoms with Gasteiger partial charge in [-0.1, -0.05) is 0 Å². The third-order valence-electron chi connectivity index (χ3n) is 3.56. The lowest BCUT2D eigenvalue weighted by Crippen LogP contribution is -2.42. The molecule has 1 atom stereocenters. The van der Waals surface area contributed by atoms with Gasteiger partial charge >= 0.3 is 0 Å². The van der Waals surface area contributed by atoms with E-state index >= 15 is 0 Å². The summed E-state index contributed by atoms with van der Waals surface area (Å²) in [5.74, 6) is 0. The molecule has 0 aliphatic heterocycles. The third-order valence-corrected chi connectivity index (χ3v) is 3.56. The SMILES string of the molecule is CNC(CC1(OC)CCC1)c1cnccn1. The van der Waals surface area contributed by atoms with E-state index in [0.29, 0.717) is 0 Å². The zero-order chi connectivity index (χ0) is 11.4. The fourth-order valence-corrected chi connectivity index (χ4v) is 2.28. The van der Waals surface area contributed by atoms with Crippen LogP contribution in [0.1, 0.15) is 37.4 Å². The Balaban J connectivity index is 2.06. The predicted molar refractivity (Wildman–Crippen MR) is 62.0 cm³/mol. The van der Waals surface area contributed by atoms with E-state index < -0.39 is 0 Å². The lowest BCUT2D eigenvalue weighted by Gasteiger charge is -2.42. The summed E-state index contributed by atoms with van der Waals surface area (Å²) < 4.78 is 5.64. The van der Waals surface area contributed by atoms with Crippen molar-refractivity contribution in [3.05, 3.63) is 24.3 Å². The molecule has 1 N–H and O–H groups in total. The van der Waals surface area contributed by atoms with Crippen LogP contribution in [-0.2, 0) is 4.74 Å². The van der Waals surface area contributed by atoms with Gasteiger partial charge in [-0.3, -0.25) is 9.97 Å². The normalized spacial score (nSPS) is 20.1. The highest BCUT2D eigenvalue weighted by molar-refractivity contribution is 5.06. The van der Waals surface area contributed by atoms with Crippen LogP contribution >= 0.6 is 0 Å². The second-order valence-electron chi connectivity index (χ2n) is 4.42. The second-order valence-corrected chi connectivity index (χ2v) is 4.42. The molecule has 1 unspecified atom stereocenters. The first-order valence-corrected chi connectivity index (χ1v) is 5.78. The molecule has 1 saturated carbocycles. The van der Waals surface area contributed by atoms with Crippen LogP contribution in [0.25, 0.3) is 0 Å². The molecule has 4 heteroatoms. The van der Waals surface area contributed by atoms with E-state index in [1.54, 1.807) is 12.4 Å². The Bertz CT molecular complexity index is 319. The standard InChI is InChI=1S/C12H19N3O/c1-13-10(11-9-14-6-7-15-11)8-12(16-2)4-3-5-12/h6-7,9-10,13H,3-5,8H2,1-2H3. The van der Waals surface area contributed by atoms with E-state index in [-0.39, 0.29) is 11.6 Å². The average molecular weight is 221 g/mol. The van der Waals surface area contributed by atoms with Crippen molar-refractivity contribution < 1.29 is 4.74 Å². The molecule has 4 nitrogen and oxygen atoms in total. The third kappa shape index (κ3) is 2.23. The Kier molecular flexibility index (Phi) is 3.51. The van der Waals surface area contributed by atoms with Gasteiger partial charge in [0, 0.05) is 25.7 Å². The van der Waals surface area contributed by atoms with E-state index in [1.807, 2.05) is 20.4 Å². The first-order valence-electron chi connectivity index (χ1n) is 5.78. The van der Waals surface area contributed by atoms with Crippen LogP contribution in [0.5, 0.6) is 0 Å². The molecule has 88 valence electrons. The molecule has 1 aromatic rings. The van der Waals surface area contributed by atoms with Gasteiger partial charge in [0.15, 0.2) is 0 Å². The average Bonchev–Trinajstić information content (AvgIpc) is 2.30. The van der Waals surface area contributed by atoms with E-state index in [1.165, 1.54) is 6.42 Å². The van der Waals surface area contributed by atoms with Crippen molar-refractivity contribution in [2.24, 2.45) is 0 Å². The lowest BCUT2D eigenvalue weighted by molar-refractivity contribution is -0.0837. The summed E-state index contributed by atoms with van der Waals surface area (Å²) in [6.45, 7) is 0. The minimum atomic E-state index is 0.0607. The molecule has 1 aliphatic carbocycles. The van der Waals surface area contributed by atoms with Gasteiger partial charge in [-0.25, -0.2) is 0 Å². The monoisotopic (exact) mass is 221 g/mol. The van der Waals surface area contributed by atoms with E-state index in [4.69, 9.17) is 4.74 Å². The van der Waals surface area contributed by atoms with Gasteiger partial charge < -0.3 is 10.1 Å². The highest BCUT2D eigenvalue weighted by Gasteiger charge is 2.39. The zero-order valence-corrected chi connectivity index (χ0v) is 9.94. The number of rotatable bonds is 5. The van der Waals surface area contributed by atoms with E-state index in [0.717, 1.165) is 25.0 Å². The number of methoxy groups -OCH3 is 1. The molecule has 1 aromatic heterocycles. The molecule has 0 bridgehead atoms. The molecule has 2 rings (SSSR count). The number of ether oxygens (including phenoxy) is 1. The number of nitrogens with zero attached hydrogens (tertiary/aromatic N) is 2. The number of hydrogen-bond acceptors (Lipinski definition) is 4. The van der Waals surface area contributed by atoms with Gasteiger partial charge in [0.05, 0.1) is 17.3 Å². The summed E-state index contributed by atoms with van der Waals surface area (Å²) in [4.78, 5) is 8.46. The van der Waals surface area contributed by atoms with Crippen LogP contribution in [0.3, 0.4) is 0 Å². The van der Waals surface area contributed by atoms with Gasteiger partial charge in [-0.15, -0.1) is 0 Å². The van der Waals surface area contributed by atoms with E-state index in [2.05, 4.69) is 15.3 Å². The second kappa shape index (κ2) is 4.89. The molecule has 1 heterocycles. The van der Waals surface area contributed by atoms with Crippen LogP contribution in [0.2, 0.25) is 0 Å². The summed E-state index contributed by atoms with van der Waals surface area (Å²) >= 11 is 0. The summed E-state index contributed by atoms with van der Waals surface area (Å²) in [6.07, 6.45) is 9.81. The molecule has 0 saturated heterocycles. The van der Waals surface area contributed by atoms with Crippen molar-refractivity contribution in [2.75, 3.05) is 14.2 Å². The van der Waals surface area contributed by atoms with Gasteiger partial charge in [0.2, 0.25) is 0 Å². The van der Waals surface area contributed by atoms with Crippen molar-refractivity contribution >= 4 is 0 Å². The largest absolute Gasteiger partial charge is 0.378 e. The molecule has 1 fully saturated rings. The van der Waals surface area contributed by atoms with Gasteiger partial charge in [0.1, 0.15) is 0 Å². The van der Waals surface area contributed by atoms with Crippen LogP contribution in [0.4, 0.5) is 0 Å². The summed E-state index contributed by atoms with van der Waals surface area (Å²) in [7, 11) is 3.77. The maximum Gasteiger partial charge on any atom is 0.0757 e.